The number of aliphatic imine (C=N–C) groups is 2. The molecule has 0 saturated heterocycles. The second kappa shape index (κ2) is 14.6. The first-order chi connectivity index (χ1) is 17.1. The highest BCUT2D eigenvalue weighted by atomic mass is 16.5. The van der Waals surface area contributed by atoms with Gasteiger partial charge in [0.25, 0.3) is 0 Å². The van der Waals surface area contributed by atoms with E-state index in [2.05, 4.69) is 6.92 Å². The van der Waals surface area contributed by atoms with E-state index in [0.29, 0.717) is 12.2 Å². The number of nitrogens with zero attached hydrogens (tertiary/aromatic N) is 2. The molecule has 0 spiro atoms. The molecule has 35 heavy (non-hydrogen) atoms. The molecule has 2 aromatic carbocycles. The van der Waals surface area contributed by atoms with Crippen molar-refractivity contribution in [3.8, 4) is 17.2 Å². The van der Waals surface area contributed by atoms with Crippen molar-refractivity contribution in [2.75, 3.05) is 6.61 Å². The maximum Gasteiger partial charge on any atom is 0.124 e. The van der Waals surface area contributed by atoms with Gasteiger partial charge in [0.05, 0.1) is 18.7 Å². The highest BCUT2D eigenvalue weighted by Gasteiger charge is 2.23. The summed E-state index contributed by atoms with van der Waals surface area (Å²) in [6.07, 6.45) is 16.5. The van der Waals surface area contributed by atoms with Gasteiger partial charge in [0.2, 0.25) is 0 Å². The third kappa shape index (κ3) is 9.04. The highest BCUT2D eigenvalue weighted by molar-refractivity contribution is 5.85. The monoisotopic (exact) mass is 478 g/mol. The largest absolute Gasteiger partial charge is 0.507 e. The fraction of sp³-hybridized carbons (Fsp3) is 0.533. The van der Waals surface area contributed by atoms with Gasteiger partial charge >= 0.3 is 0 Å². The number of phenols is 2. The Kier molecular flexibility index (Phi) is 11.1. The minimum absolute atomic E-state index is 0.0589. The van der Waals surface area contributed by atoms with Gasteiger partial charge in [-0.05, 0) is 56.5 Å². The minimum atomic E-state index is 0.0589. The number of ether oxygens (including phenoxy) is 1. The number of aromatic hydroxyl groups is 2. The van der Waals surface area contributed by atoms with Gasteiger partial charge in [-0.25, -0.2) is 0 Å². The average molecular weight is 479 g/mol. The Morgan fingerprint density at radius 2 is 1.37 bits per heavy atom. The summed E-state index contributed by atoms with van der Waals surface area (Å²) in [5.74, 6) is 1.22. The standard InChI is InChI=1S/C30H42N2O3/c1-3-4-5-6-7-8-11-18-35-26-15-17-30(34)25(20-26)22-32-28-13-10-9-12-27(28)31-21-24-19-23(2)14-16-29(24)33/h14-17,19-22,27-28,33-34H,3-13,18H2,1-2H3/t27-,28-/m0/s1. The molecule has 0 radical (unpaired) electrons. The van der Waals surface area contributed by atoms with Crippen LogP contribution in [0, 0.1) is 6.92 Å². The van der Waals surface area contributed by atoms with Gasteiger partial charge in [-0.15, -0.1) is 0 Å². The maximum atomic E-state index is 10.3. The van der Waals surface area contributed by atoms with Crippen molar-refractivity contribution in [3.05, 3.63) is 53.1 Å². The van der Waals surface area contributed by atoms with Gasteiger partial charge in [-0.3, -0.25) is 9.98 Å². The van der Waals surface area contributed by atoms with Crippen LogP contribution in [0.1, 0.15) is 94.2 Å². The van der Waals surface area contributed by atoms with Crippen molar-refractivity contribution >= 4 is 12.4 Å². The highest BCUT2D eigenvalue weighted by Crippen LogP contribution is 2.27. The molecule has 5 nitrogen and oxygen atoms in total. The minimum Gasteiger partial charge on any atom is -0.507 e. The third-order valence-corrected chi connectivity index (χ3v) is 6.70. The summed E-state index contributed by atoms with van der Waals surface area (Å²) < 4.78 is 5.93. The SMILES string of the molecule is CCCCCCCCCOc1ccc(O)c(C=N[C@H]2CCCC[C@@H]2N=Cc2cc(C)ccc2O)c1. The van der Waals surface area contributed by atoms with Crippen LogP contribution in [0.15, 0.2) is 46.4 Å². The topological polar surface area (TPSA) is 74.4 Å². The van der Waals surface area contributed by atoms with Crippen molar-refractivity contribution < 1.29 is 14.9 Å². The summed E-state index contributed by atoms with van der Waals surface area (Å²) in [4.78, 5) is 9.60. The van der Waals surface area contributed by atoms with Crippen LogP contribution < -0.4 is 4.74 Å². The first kappa shape index (κ1) is 26.8. The molecule has 0 unspecified atom stereocenters. The van der Waals surface area contributed by atoms with E-state index in [9.17, 15) is 10.2 Å². The van der Waals surface area contributed by atoms with Crippen molar-refractivity contribution in [1.82, 2.24) is 0 Å². The lowest BCUT2D eigenvalue weighted by Gasteiger charge is -2.25. The molecular formula is C30H42N2O3. The molecule has 2 aromatic rings. The molecular weight excluding hydrogens is 436 g/mol. The second-order valence-corrected chi connectivity index (χ2v) is 9.73. The Balaban J connectivity index is 1.56. The van der Waals surface area contributed by atoms with Crippen LogP contribution in [-0.4, -0.2) is 41.3 Å². The van der Waals surface area contributed by atoms with Crippen LogP contribution >= 0.6 is 0 Å². The summed E-state index contributed by atoms with van der Waals surface area (Å²) >= 11 is 0. The smallest absolute Gasteiger partial charge is 0.124 e. The van der Waals surface area contributed by atoms with E-state index in [-0.39, 0.29) is 23.6 Å². The summed E-state index contributed by atoms with van der Waals surface area (Å²) in [6, 6.07) is 11.0. The van der Waals surface area contributed by atoms with Crippen LogP contribution in [0.3, 0.4) is 0 Å². The molecule has 2 atom stereocenters. The summed E-state index contributed by atoms with van der Waals surface area (Å²) in [7, 11) is 0. The zero-order valence-electron chi connectivity index (χ0n) is 21.5. The Morgan fingerprint density at radius 1 is 0.800 bits per heavy atom. The molecule has 0 aromatic heterocycles. The summed E-state index contributed by atoms with van der Waals surface area (Å²) in [5.41, 5.74) is 2.50. The van der Waals surface area contributed by atoms with Crippen molar-refractivity contribution in [1.29, 1.82) is 0 Å². The summed E-state index contributed by atoms with van der Waals surface area (Å²) in [5, 5.41) is 20.5. The van der Waals surface area contributed by atoms with Crippen molar-refractivity contribution in [2.24, 2.45) is 9.98 Å². The molecule has 1 aliphatic carbocycles. The number of aryl methyl sites for hydroxylation is 1. The van der Waals surface area contributed by atoms with Crippen molar-refractivity contribution in [2.45, 2.75) is 96.6 Å². The molecule has 3 rings (SSSR count). The zero-order valence-corrected chi connectivity index (χ0v) is 21.5. The van der Waals surface area contributed by atoms with E-state index in [1.54, 1.807) is 24.6 Å². The molecule has 5 heteroatoms. The molecule has 1 aliphatic rings. The Hall–Kier alpha value is -2.82. The lowest BCUT2D eigenvalue weighted by molar-refractivity contribution is 0.303. The van der Waals surface area contributed by atoms with Gasteiger partial charge in [-0.2, -0.15) is 0 Å². The van der Waals surface area contributed by atoms with Crippen LogP contribution in [0.4, 0.5) is 0 Å². The summed E-state index contributed by atoms with van der Waals surface area (Å²) in [6.45, 7) is 4.94. The number of unbranched alkanes of at least 4 members (excludes halogenated alkanes) is 6. The fourth-order valence-corrected chi connectivity index (χ4v) is 4.54. The molecule has 190 valence electrons. The molecule has 0 bridgehead atoms. The van der Waals surface area contributed by atoms with E-state index in [1.807, 2.05) is 31.2 Å². The normalized spacial score (nSPS) is 18.5. The molecule has 1 saturated carbocycles. The molecule has 0 aliphatic heterocycles. The van der Waals surface area contributed by atoms with Gasteiger partial charge in [-0.1, -0.05) is 69.9 Å². The lowest BCUT2D eigenvalue weighted by Crippen LogP contribution is -2.27. The van der Waals surface area contributed by atoms with E-state index in [4.69, 9.17) is 14.7 Å². The number of phenolic OH excluding ortho intramolecular Hbond substituents is 2. The number of hydrogen-bond acceptors (Lipinski definition) is 5. The third-order valence-electron chi connectivity index (χ3n) is 6.70. The Bertz CT molecular complexity index is 970. The first-order valence-corrected chi connectivity index (χ1v) is 13.4. The molecule has 2 N–H and O–H groups in total. The van der Waals surface area contributed by atoms with E-state index >= 15 is 0 Å². The van der Waals surface area contributed by atoms with Crippen LogP contribution in [0.5, 0.6) is 17.2 Å². The van der Waals surface area contributed by atoms with Gasteiger partial charge in [0.15, 0.2) is 0 Å². The van der Waals surface area contributed by atoms with Crippen LogP contribution in [-0.2, 0) is 0 Å². The molecule has 0 amide bonds. The van der Waals surface area contributed by atoms with E-state index in [1.165, 1.54) is 38.5 Å². The van der Waals surface area contributed by atoms with Gasteiger partial charge in [0.1, 0.15) is 17.2 Å². The molecule has 0 heterocycles. The van der Waals surface area contributed by atoms with E-state index < -0.39 is 0 Å². The van der Waals surface area contributed by atoms with Gasteiger partial charge < -0.3 is 14.9 Å². The number of hydrogen-bond donors (Lipinski definition) is 2. The predicted octanol–water partition coefficient (Wildman–Crippen LogP) is 7.38. The van der Waals surface area contributed by atoms with Crippen LogP contribution in [0.25, 0.3) is 0 Å². The second-order valence-electron chi connectivity index (χ2n) is 9.73. The maximum absolute atomic E-state index is 10.3. The lowest BCUT2D eigenvalue weighted by atomic mass is 9.91. The van der Waals surface area contributed by atoms with E-state index in [0.717, 1.165) is 49.0 Å². The quantitative estimate of drug-likeness (QED) is 0.233. The Morgan fingerprint density at radius 3 is 2.03 bits per heavy atom. The zero-order chi connectivity index (χ0) is 24.9. The number of benzene rings is 2. The molecule has 1 fully saturated rings. The predicted molar refractivity (Wildman–Crippen MR) is 146 cm³/mol. The Labute approximate surface area is 211 Å². The number of rotatable bonds is 13. The first-order valence-electron chi connectivity index (χ1n) is 13.4. The van der Waals surface area contributed by atoms with Crippen LogP contribution in [0.2, 0.25) is 0 Å². The fourth-order valence-electron chi connectivity index (χ4n) is 4.54. The average Bonchev–Trinajstić information content (AvgIpc) is 2.86. The van der Waals surface area contributed by atoms with Crippen molar-refractivity contribution in [3.63, 3.8) is 0 Å². The van der Waals surface area contributed by atoms with Gasteiger partial charge in [0, 0.05) is 23.6 Å².